The van der Waals surface area contributed by atoms with Crippen LogP contribution in [0.25, 0.3) is 0 Å². The van der Waals surface area contributed by atoms with Gasteiger partial charge in [-0.25, -0.2) is 0 Å². The zero-order chi connectivity index (χ0) is 10.8. The summed E-state index contributed by atoms with van der Waals surface area (Å²) >= 11 is 5.39. The maximum atomic E-state index is 11.6. The monoisotopic (exact) mass is 230 g/mol. The molecule has 5 heteroatoms. The Hall–Kier alpha value is -0.770. The van der Waals surface area contributed by atoms with Gasteiger partial charge in [-0.05, 0) is 18.8 Å². The minimum Gasteiger partial charge on any atom is -0.350 e. The zero-order valence-corrected chi connectivity index (χ0v) is 9.29. The predicted octanol–water partition coefficient (Wildman–Crippen LogP) is 0.352. The standard InChI is InChI=1S/C10H15ClN2O2/c11-4-9(14)12-8-3-10(15)13(6-8)5-7-1-2-7/h7-8H,1-6H2,(H,12,14). The van der Waals surface area contributed by atoms with Gasteiger partial charge in [0.2, 0.25) is 11.8 Å². The Morgan fingerprint density at radius 1 is 1.53 bits per heavy atom. The summed E-state index contributed by atoms with van der Waals surface area (Å²) in [5, 5.41) is 2.75. The molecule has 2 rings (SSSR count). The van der Waals surface area contributed by atoms with Crippen LogP contribution in [0.4, 0.5) is 0 Å². The van der Waals surface area contributed by atoms with Crippen molar-refractivity contribution in [2.45, 2.75) is 25.3 Å². The molecule has 1 saturated carbocycles. The molecule has 2 amide bonds. The summed E-state index contributed by atoms with van der Waals surface area (Å²) in [4.78, 5) is 24.5. The van der Waals surface area contributed by atoms with Gasteiger partial charge in [-0.3, -0.25) is 9.59 Å². The minimum absolute atomic E-state index is 0.0344. The SMILES string of the molecule is O=C(CCl)NC1CC(=O)N(CC2CC2)C1. The minimum atomic E-state index is -0.192. The van der Waals surface area contributed by atoms with Gasteiger partial charge in [0, 0.05) is 19.5 Å². The molecule has 1 atom stereocenters. The molecule has 1 heterocycles. The first-order valence-corrected chi connectivity index (χ1v) is 5.85. The number of amides is 2. The van der Waals surface area contributed by atoms with Gasteiger partial charge in [-0.2, -0.15) is 0 Å². The first-order valence-electron chi connectivity index (χ1n) is 5.32. The lowest BCUT2D eigenvalue weighted by molar-refractivity contribution is -0.127. The molecule has 0 aromatic rings. The maximum Gasteiger partial charge on any atom is 0.235 e. The number of nitrogens with zero attached hydrogens (tertiary/aromatic N) is 1. The number of hydrogen-bond acceptors (Lipinski definition) is 2. The number of carbonyl (C=O) groups excluding carboxylic acids is 2. The van der Waals surface area contributed by atoms with Crippen LogP contribution in [0.5, 0.6) is 0 Å². The van der Waals surface area contributed by atoms with Crippen molar-refractivity contribution in [1.29, 1.82) is 0 Å². The molecule has 84 valence electrons. The maximum absolute atomic E-state index is 11.6. The molecule has 1 aliphatic heterocycles. The average molecular weight is 231 g/mol. The summed E-state index contributed by atoms with van der Waals surface area (Å²) in [6.45, 7) is 1.52. The number of hydrogen-bond donors (Lipinski definition) is 1. The van der Waals surface area contributed by atoms with Crippen LogP contribution >= 0.6 is 11.6 Å². The Morgan fingerprint density at radius 3 is 2.87 bits per heavy atom. The van der Waals surface area contributed by atoms with Crippen molar-refractivity contribution < 1.29 is 9.59 Å². The van der Waals surface area contributed by atoms with Crippen LogP contribution in [-0.2, 0) is 9.59 Å². The number of likely N-dealkylation sites (tertiary alicyclic amines) is 1. The molecule has 0 spiro atoms. The highest BCUT2D eigenvalue weighted by Crippen LogP contribution is 2.31. The van der Waals surface area contributed by atoms with Gasteiger partial charge in [-0.1, -0.05) is 0 Å². The lowest BCUT2D eigenvalue weighted by atomic mass is 10.2. The van der Waals surface area contributed by atoms with Crippen LogP contribution in [0.3, 0.4) is 0 Å². The molecule has 0 radical (unpaired) electrons. The fraction of sp³-hybridized carbons (Fsp3) is 0.800. The van der Waals surface area contributed by atoms with E-state index in [4.69, 9.17) is 11.6 Å². The van der Waals surface area contributed by atoms with E-state index in [1.807, 2.05) is 4.90 Å². The molecule has 0 bridgehead atoms. The Morgan fingerprint density at radius 2 is 2.27 bits per heavy atom. The molecule has 0 aromatic carbocycles. The van der Waals surface area contributed by atoms with Crippen molar-refractivity contribution >= 4 is 23.4 Å². The van der Waals surface area contributed by atoms with Gasteiger partial charge < -0.3 is 10.2 Å². The van der Waals surface area contributed by atoms with E-state index in [0.717, 1.165) is 6.54 Å². The van der Waals surface area contributed by atoms with E-state index in [1.54, 1.807) is 0 Å². The van der Waals surface area contributed by atoms with E-state index in [9.17, 15) is 9.59 Å². The first-order chi connectivity index (χ1) is 7.19. The number of alkyl halides is 1. The molecule has 0 aromatic heterocycles. The summed E-state index contributed by atoms with van der Waals surface area (Å²) in [5.41, 5.74) is 0. The van der Waals surface area contributed by atoms with Gasteiger partial charge in [0.15, 0.2) is 0 Å². The van der Waals surface area contributed by atoms with E-state index in [2.05, 4.69) is 5.32 Å². The molecule has 1 aliphatic carbocycles. The third kappa shape index (κ3) is 2.84. The van der Waals surface area contributed by atoms with E-state index in [-0.39, 0.29) is 23.7 Å². The van der Waals surface area contributed by atoms with E-state index in [0.29, 0.717) is 18.9 Å². The predicted molar refractivity (Wildman–Crippen MR) is 56.6 cm³/mol. The van der Waals surface area contributed by atoms with Crippen LogP contribution in [0.15, 0.2) is 0 Å². The second-order valence-corrected chi connectivity index (χ2v) is 4.61. The van der Waals surface area contributed by atoms with Gasteiger partial charge in [-0.15, -0.1) is 11.6 Å². The second-order valence-electron chi connectivity index (χ2n) is 4.34. The van der Waals surface area contributed by atoms with E-state index in [1.165, 1.54) is 12.8 Å². The van der Waals surface area contributed by atoms with Crippen LogP contribution in [0.1, 0.15) is 19.3 Å². The summed E-state index contributed by atoms with van der Waals surface area (Å²) in [6.07, 6.45) is 2.90. The van der Waals surface area contributed by atoms with Crippen molar-refractivity contribution in [3.8, 4) is 0 Å². The lowest BCUT2D eigenvalue weighted by Crippen LogP contribution is -2.38. The molecule has 1 saturated heterocycles. The van der Waals surface area contributed by atoms with Crippen LogP contribution in [0, 0.1) is 5.92 Å². The zero-order valence-electron chi connectivity index (χ0n) is 8.54. The number of rotatable bonds is 4. The third-order valence-corrected chi connectivity index (χ3v) is 3.12. The second kappa shape index (κ2) is 4.39. The van der Waals surface area contributed by atoms with E-state index >= 15 is 0 Å². The molecule has 4 nitrogen and oxygen atoms in total. The fourth-order valence-corrected chi connectivity index (χ4v) is 2.00. The Kier molecular flexibility index (Phi) is 3.14. The van der Waals surface area contributed by atoms with Crippen molar-refractivity contribution in [2.75, 3.05) is 19.0 Å². The van der Waals surface area contributed by atoms with Crippen molar-refractivity contribution in [2.24, 2.45) is 5.92 Å². The van der Waals surface area contributed by atoms with Gasteiger partial charge in [0.1, 0.15) is 5.88 Å². The molecule has 2 fully saturated rings. The summed E-state index contributed by atoms with van der Waals surface area (Å²) < 4.78 is 0. The third-order valence-electron chi connectivity index (χ3n) is 2.88. The fourth-order valence-electron chi connectivity index (χ4n) is 1.92. The highest BCUT2D eigenvalue weighted by atomic mass is 35.5. The number of nitrogens with one attached hydrogen (secondary N) is 1. The van der Waals surface area contributed by atoms with Crippen molar-refractivity contribution in [3.63, 3.8) is 0 Å². The first kappa shape index (κ1) is 10.7. The molecular formula is C10H15ClN2O2. The highest BCUT2D eigenvalue weighted by Gasteiger charge is 2.34. The lowest BCUT2D eigenvalue weighted by Gasteiger charge is -2.16. The van der Waals surface area contributed by atoms with Crippen LogP contribution in [0.2, 0.25) is 0 Å². The smallest absolute Gasteiger partial charge is 0.235 e. The summed E-state index contributed by atoms with van der Waals surface area (Å²) in [7, 11) is 0. The molecule has 2 aliphatic rings. The number of halogens is 1. The average Bonchev–Trinajstić information content (AvgIpc) is 2.94. The van der Waals surface area contributed by atoms with E-state index < -0.39 is 0 Å². The Labute approximate surface area is 93.9 Å². The number of carbonyl (C=O) groups is 2. The van der Waals surface area contributed by atoms with Crippen molar-refractivity contribution in [1.82, 2.24) is 10.2 Å². The van der Waals surface area contributed by atoms with Crippen LogP contribution in [-0.4, -0.2) is 41.7 Å². The molecular weight excluding hydrogens is 216 g/mol. The normalized spacial score (nSPS) is 25.8. The van der Waals surface area contributed by atoms with Gasteiger partial charge in [0.05, 0.1) is 6.04 Å². The largest absolute Gasteiger partial charge is 0.350 e. The summed E-state index contributed by atoms with van der Waals surface area (Å²) in [5.74, 6) is 0.633. The molecule has 1 N–H and O–H groups in total. The van der Waals surface area contributed by atoms with Gasteiger partial charge in [0.25, 0.3) is 0 Å². The van der Waals surface area contributed by atoms with Gasteiger partial charge >= 0.3 is 0 Å². The van der Waals surface area contributed by atoms with Crippen LogP contribution < -0.4 is 5.32 Å². The topological polar surface area (TPSA) is 49.4 Å². The van der Waals surface area contributed by atoms with Crippen molar-refractivity contribution in [3.05, 3.63) is 0 Å². The Balaban J connectivity index is 1.80. The quantitative estimate of drug-likeness (QED) is 0.709. The highest BCUT2D eigenvalue weighted by molar-refractivity contribution is 6.27. The Bertz CT molecular complexity index is 279. The molecule has 1 unspecified atom stereocenters. The molecule has 15 heavy (non-hydrogen) atoms. The summed E-state index contributed by atoms with van der Waals surface area (Å²) in [6, 6.07) is -0.0394.